The summed E-state index contributed by atoms with van der Waals surface area (Å²) in [7, 11) is 1.76. The largest absolute Gasteiger partial charge is 0.444 e. The van der Waals surface area contributed by atoms with Gasteiger partial charge in [-0.15, -0.1) is 11.3 Å². The highest BCUT2D eigenvalue weighted by Gasteiger charge is 2.09. The van der Waals surface area contributed by atoms with E-state index >= 15 is 0 Å². The van der Waals surface area contributed by atoms with Crippen molar-refractivity contribution < 1.29 is 4.42 Å². The number of hydrogen-bond donors (Lipinski definition) is 2. The molecular formula is C15H22N4OS. The number of aromatic nitrogens is 1. The van der Waals surface area contributed by atoms with Crippen LogP contribution in [0.25, 0.3) is 0 Å². The molecule has 21 heavy (non-hydrogen) atoms. The third-order valence-corrected chi connectivity index (χ3v) is 4.41. The Morgan fingerprint density at radius 2 is 2.24 bits per heavy atom. The van der Waals surface area contributed by atoms with Crippen LogP contribution in [0.3, 0.4) is 0 Å². The number of rotatable bonds is 5. The minimum Gasteiger partial charge on any atom is -0.444 e. The van der Waals surface area contributed by atoms with Gasteiger partial charge in [-0.25, -0.2) is 4.98 Å². The van der Waals surface area contributed by atoms with Gasteiger partial charge in [-0.05, 0) is 25.3 Å². The summed E-state index contributed by atoms with van der Waals surface area (Å²) in [5, 5.41) is 8.64. The van der Waals surface area contributed by atoms with Crippen molar-refractivity contribution in [3.8, 4) is 0 Å². The molecule has 0 spiro atoms. The molecule has 0 aliphatic rings. The Morgan fingerprint density at radius 3 is 2.81 bits per heavy atom. The van der Waals surface area contributed by atoms with Gasteiger partial charge in [0.1, 0.15) is 5.76 Å². The van der Waals surface area contributed by atoms with Gasteiger partial charge in [0, 0.05) is 24.4 Å². The average Bonchev–Trinajstić information content (AvgIpc) is 3.10. The molecular weight excluding hydrogens is 284 g/mol. The van der Waals surface area contributed by atoms with E-state index in [0.717, 1.165) is 24.0 Å². The van der Waals surface area contributed by atoms with Gasteiger partial charge >= 0.3 is 0 Å². The fraction of sp³-hybridized carbons (Fsp3) is 0.467. The number of nitrogens with zero attached hydrogens (tertiary/aromatic N) is 2. The molecule has 0 aliphatic carbocycles. The van der Waals surface area contributed by atoms with Gasteiger partial charge in [0.15, 0.2) is 5.96 Å². The molecule has 1 unspecified atom stereocenters. The fourth-order valence-corrected chi connectivity index (χ4v) is 2.70. The Balaban J connectivity index is 1.81. The summed E-state index contributed by atoms with van der Waals surface area (Å²) < 4.78 is 5.54. The van der Waals surface area contributed by atoms with Crippen molar-refractivity contribution in [3.63, 3.8) is 0 Å². The number of aliphatic imine (C=N–C) groups is 1. The lowest BCUT2D eigenvalue weighted by molar-refractivity contribution is 0.463. The molecule has 1 atom stereocenters. The molecule has 0 fully saturated rings. The van der Waals surface area contributed by atoms with Crippen molar-refractivity contribution in [1.29, 1.82) is 0 Å². The lowest BCUT2D eigenvalue weighted by Crippen LogP contribution is -2.38. The van der Waals surface area contributed by atoms with Crippen molar-refractivity contribution in [3.05, 3.63) is 39.7 Å². The van der Waals surface area contributed by atoms with E-state index in [-0.39, 0.29) is 0 Å². The van der Waals surface area contributed by atoms with Gasteiger partial charge in [-0.2, -0.15) is 0 Å². The Morgan fingerprint density at radius 1 is 1.43 bits per heavy atom. The molecule has 0 aliphatic heterocycles. The van der Waals surface area contributed by atoms with Crippen molar-refractivity contribution >= 4 is 17.3 Å². The van der Waals surface area contributed by atoms with Gasteiger partial charge in [0.05, 0.1) is 12.2 Å². The Bertz CT molecular complexity index is 569. The molecule has 2 N–H and O–H groups in total. The molecule has 2 heterocycles. The molecule has 0 amide bonds. The monoisotopic (exact) mass is 306 g/mol. The lowest BCUT2D eigenvalue weighted by Gasteiger charge is -2.14. The van der Waals surface area contributed by atoms with Crippen molar-refractivity contribution in [2.45, 2.75) is 33.2 Å². The summed E-state index contributed by atoms with van der Waals surface area (Å²) in [6, 6.07) is 4.24. The number of aryl methyl sites for hydroxylation is 2. The maximum atomic E-state index is 5.54. The zero-order valence-corrected chi connectivity index (χ0v) is 13.8. The van der Waals surface area contributed by atoms with E-state index in [0.29, 0.717) is 18.4 Å². The number of oxazole rings is 1. The number of guanidine groups is 1. The van der Waals surface area contributed by atoms with Crippen LogP contribution in [0.4, 0.5) is 0 Å². The second-order valence-corrected chi connectivity index (χ2v) is 5.95. The first-order valence-electron chi connectivity index (χ1n) is 7.01. The van der Waals surface area contributed by atoms with Gasteiger partial charge in [-0.1, -0.05) is 13.0 Å². The zero-order valence-electron chi connectivity index (χ0n) is 12.9. The highest BCUT2D eigenvalue weighted by Crippen LogP contribution is 2.19. The van der Waals surface area contributed by atoms with E-state index in [4.69, 9.17) is 4.42 Å². The third-order valence-electron chi connectivity index (χ3n) is 3.31. The van der Waals surface area contributed by atoms with E-state index in [2.05, 4.69) is 45.0 Å². The molecule has 2 aromatic rings. The van der Waals surface area contributed by atoms with Crippen LogP contribution in [0.2, 0.25) is 0 Å². The smallest absolute Gasteiger partial charge is 0.214 e. The van der Waals surface area contributed by atoms with E-state index in [1.54, 1.807) is 18.4 Å². The second-order valence-electron chi connectivity index (χ2n) is 4.97. The van der Waals surface area contributed by atoms with Crippen LogP contribution in [0, 0.1) is 13.8 Å². The van der Waals surface area contributed by atoms with Crippen LogP contribution in [-0.4, -0.2) is 24.5 Å². The van der Waals surface area contributed by atoms with Gasteiger partial charge < -0.3 is 15.1 Å². The second kappa shape index (κ2) is 7.26. The standard InChI is InChI=1S/C15H22N4OS/c1-10(13-6-5-7-21-13)8-17-15(16-4)18-9-14-19-11(2)12(3)20-14/h5-7,10H,8-9H2,1-4H3,(H2,16,17,18). The van der Waals surface area contributed by atoms with E-state index in [1.807, 2.05) is 13.8 Å². The number of hydrogen-bond acceptors (Lipinski definition) is 4. The molecule has 6 heteroatoms. The minimum atomic E-state index is 0.453. The van der Waals surface area contributed by atoms with Crippen molar-refractivity contribution in [2.24, 2.45) is 4.99 Å². The van der Waals surface area contributed by atoms with Crippen LogP contribution in [-0.2, 0) is 6.54 Å². The van der Waals surface area contributed by atoms with Crippen molar-refractivity contribution in [2.75, 3.05) is 13.6 Å². The van der Waals surface area contributed by atoms with Crippen LogP contribution in [0.15, 0.2) is 26.9 Å². The Kier molecular flexibility index (Phi) is 5.38. The summed E-state index contributed by atoms with van der Waals surface area (Å²) >= 11 is 1.78. The lowest BCUT2D eigenvalue weighted by atomic mass is 10.1. The molecule has 0 aromatic carbocycles. The van der Waals surface area contributed by atoms with Crippen molar-refractivity contribution in [1.82, 2.24) is 15.6 Å². The first kappa shape index (κ1) is 15.6. The first-order chi connectivity index (χ1) is 10.1. The Labute approximate surface area is 129 Å². The number of nitrogens with one attached hydrogen (secondary N) is 2. The highest BCUT2D eigenvalue weighted by molar-refractivity contribution is 7.10. The summed E-state index contributed by atoms with van der Waals surface area (Å²) in [5.41, 5.74) is 0.932. The average molecular weight is 306 g/mol. The van der Waals surface area contributed by atoms with Gasteiger partial charge in [0.2, 0.25) is 5.89 Å². The predicted molar refractivity (Wildman–Crippen MR) is 86.9 cm³/mol. The highest BCUT2D eigenvalue weighted by atomic mass is 32.1. The predicted octanol–water partition coefficient (Wildman–Crippen LogP) is 2.82. The molecule has 0 radical (unpaired) electrons. The zero-order chi connectivity index (χ0) is 15.2. The van der Waals surface area contributed by atoms with Crippen LogP contribution < -0.4 is 10.6 Å². The quantitative estimate of drug-likeness (QED) is 0.658. The van der Waals surface area contributed by atoms with Gasteiger partial charge in [0.25, 0.3) is 0 Å². The molecule has 0 saturated heterocycles. The molecule has 2 aromatic heterocycles. The molecule has 2 rings (SSSR count). The topological polar surface area (TPSA) is 62.5 Å². The summed E-state index contributed by atoms with van der Waals surface area (Å²) in [6.07, 6.45) is 0. The summed E-state index contributed by atoms with van der Waals surface area (Å²) in [4.78, 5) is 9.93. The maximum Gasteiger partial charge on any atom is 0.214 e. The fourth-order valence-electron chi connectivity index (χ4n) is 1.92. The summed E-state index contributed by atoms with van der Waals surface area (Å²) in [6.45, 7) is 7.43. The third kappa shape index (κ3) is 4.32. The number of thiophene rings is 1. The molecule has 0 saturated carbocycles. The van der Waals surface area contributed by atoms with Crippen LogP contribution >= 0.6 is 11.3 Å². The van der Waals surface area contributed by atoms with Crippen LogP contribution in [0.5, 0.6) is 0 Å². The summed E-state index contributed by atoms with van der Waals surface area (Å²) in [5.74, 6) is 2.75. The maximum absolute atomic E-state index is 5.54. The van der Waals surface area contributed by atoms with E-state index in [9.17, 15) is 0 Å². The first-order valence-corrected chi connectivity index (χ1v) is 7.89. The molecule has 114 valence electrons. The van der Waals surface area contributed by atoms with E-state index in [1.165, 1.54) is 4.88 Å². The molecule has 0 bridgehead atoms. The van der Waals surface area contributed by atoms with Gasteiger partial charge in [-0.3, -0.25) is 4.99 Å². The SMILES string of the molecule is CN=C(NCc1nc(C)c(C)o1)NCC(C)c1cccs1. The van der Waals surface area contributed by atoms with Crippen LogP contribution in [0.1, 0.15) is 35.1 Å². The molecule has 5 nitrogen and oxygen atoms in total. The normalized spacial score (nSPS) is 13.2. The Hall–Kier alpha value is -1.82. The van der Waals surface area contributed by atoms with E-state index < -0.39 is 0 Å². The minimum absolute atomic E-state index is 0.453.